The fourth-order valence-corrected chi connectivity index (χ4v) is 8.09. The van der Waals surface area contributed by atoms with Gasteiger partial charge in [0.25, 0.3) is 21.2 Å². The molecule has 5 rings (SSSR count). The van der Waals surface area contributed by atoms with Gasteiger partial charge in [0.15, 0.2) is 23.7 Å². The van der Waals surface area contributed by atoms with Gasteiger partial charge in [0.05, 0.1) is 25.2 Å². The van der Waals surface area contributed by atoms with Crippen LogP contribution in [-0.2, 0) is 44.9 Å². The minimum Gasteiger partial charge on any atom is -0.756 e. The number of aromatic nitrogens is 7. The summed E-state index contributed by atoms with van der Waals surface area (Å²) in [5.74, 6) is -0.286. The fraction of sp³-hybridized carbons (Fsp3) is 0.750. The van der Waals surface area contributed by atoms with Gasteiger partial charge in [-0.3, -0.25) is 28.0 Å². The summed E-state index contributed by atoms with van der Waals surface area (Å²) >= 11 is 0. The van der Waals surface area contributed by atoms with Gasteiger partial charge in [-0.2, -0.15) is 4.98 Å². The largest absolute Gasteiger partial charge is 1.00 e. The Morgan fingerprint density at radius 3 is 2.25 bits per heavy atom. The SMILES string of the molecule is CCCCCCCCCCc1cn(C[C@@H]2O[C@H](OP(=O)([O-])OP(=O)([O-])OC[C@H]3O[C@@H](n4cnc5c(=O)[nH]c(N)nc54)[C@H](O)[C@@H]3O)[C@@H](O)[C@H](O)[C@@H]2O)nn1.[Na+].[Na+]. The number of aliphatic hydroxyl groups is 5. The molecule has 55 heavy (non-hydrogen) atoms. The number of anilines is 1. The Morgan fingerprint density at radius 1 is 0.909 bits per heavy atom. The van der Waals surface area contributed by atoms with Crippen LogP contribution in [0.15, 0.2) is 17.3 Å². The standard InChI is InChI=1S/C28H46N8O15P2.2Na/c1-2-3-4-5-6-7-8-9-10-15-11-35(34-33-15)12-16-19(37)21(39)23(41)27(49-16)50-53(45,46)51-52(43,44)47-13-17-20(38)22(40)26(48-17)36-14-30-18-24(36)31-28(29)32-25(18)42;;/h11,14,16-17,19-23,26-27,37-41H,2-10,12-13H2,1H3,(H,43,44)(H,45,46)(H3,29,31,32,42);;/q;2*+1/p-2/t16-,17+,19+,20+,21+,22+,23-,26+,27+;;/m0../s1. The molecule has 0 bridgehead atoms. The van der Waals surface area contributed by atoms with E-state index >= 15 is 0 Å². The molecule has 3 aromatic heterocycles. The first kappa shape index (κ1) is 48.6. The van der Waals surface area contributed by atoms with Crippen molar-refractivity contribution >= 4 is 32.8 Å². The molecule has 2 fully saturated rings. The van der Waals surface area contributed by atoms with E-state index in [4.69, 9.17) is 15.2 Å². The average molecular weight is 841 g/mol. The summed E-state index contributed by atoms with van der Waals surface area (Å²) in [6, 6.07) is 0. The van der Waals surface area contributed by atoms with Crippen LogP contribution < -0.4 is 80.2 Å². The smallest absolute Gasteiger partial charge is 0.756 e. The number of hydrogen-bond donors (Lipinski definition) is 7. The van der Waals surface area contributed by atoms with Crippen LogP contribution >= 0.6 is 15.6 Å². The number of aryl methyl sites for hydroxylation is 1. The molecule has 0 amide bonds. The van der Waals surface area contributed by atoms with E-state index in [9.17, 15) is 49.2 Å². The number of nitrogens with two attached hydrogens (primary N) is 1. The van der Waals surface area contributed by atoms with Crippen molar-refractivity contribution in [2.45, 2.75) is 127 Å². The number of rotatable bonds is 19. The third kappa shape index (κ3) is 12.9. The monoisotopic (exact) mass is 840 g/mol. The predicted molar refractivity (Wildman–Crippen MR) is 175 cm³/mol. The maximum atomic E-state index is 12.6. The van der Waals surface area contributed by atoms with Crippen molar-refractivity contribution in [1.29, 1.82) is 0 Å². The van der Waals surface area contributed by atoms with Crippen molar-refractivity contribution in [3.8, 4) is 0 Å². The Morgan fingerprint density at radius 2 is 1.56 bits per heavy atom. The minimum atomic E-state index is -5.96. The Bertz CT molecular complexity index is 1820. The van der Waals surface area contributed by atoms with Gasteiger partial charge in [0.2, 0.25) is 5.95 Å². The number of ether oxygens (including phenoxy) is 2. The first-order valence-corrected chi connectivity index (χ1v) is 20.0. The number of nitrogen functional groups attached to an aromatic ring is 1. The van der Waals surface area contributed by atoms with Crippen molar-refractivity contribution in [3.05, 3.63) is 28.6 Å². The molecule has 11 atom stereocenters. The van der Waals surface area contributed by atoms with Gasteiger partial charge in [-0.15, -0.1) is 5.10 Å². The zero-order chi connectivity index (χ0) is 38.5. The second-order valence-corrected chi connectivity index (χ2v) is 15.8. The summed E-state index contributed by atoms with van der Waals surface area (Å²) in [4.78, 5) is 47.2. The Labute approximate surface area is 358 Å². The molecule has 0 aromatic carbocycles. The number of nitrogens with zero attached hydrogens (tertiary/aromatic N) is 6. The van der Waals surface area contributed by atoms with E-state index in [2.05, 4.69) is 45.5 Å². The minimum absolute atomic E-state index is 0. The molecule has 3 aromatic rings. The number of unbranched alkanes of at least 4 members (excludes halogenated alkanes) is 7. The van der Waals surface area contributed by atoms with Crippen LogP contribution in [0.1, 0.15) is 70.2 Å². The Kier molecular flexibility index (Phi) is 19.0. The van der Waals surface area contributed by atoms with E-state index in [0.717, 1.165) is 30.2 Å². The summed E-state index contributed by atoms with van der Waals surface area (Å²) in [5, 5.41) is 60.3. The van der Waals surface area contributed by atoms with Crippen molar-refractivity contribution < 1.29 is 126 Å². The zero-order valence-electron chi connectivity index (χ0n) is 30.6. The summed E-state index contributed by atoms with van der Waals surface area (Å²) in [5.41, 5.74) is 5.22. The quantitative estimate of drug-likeness (QED) is 0.0335. The molecule has 2 unspecified atom stereocenters. The van der Waals surface area contributed by atoms with Crippen molar-refractivity contribution in [2.75, 3.05) is 12.3 Å². The third-order valence-corrected chi connectivity index (χ3v) is 11.3. The Balaban J connectivity index is 0.00000406. The summed E-state index contributed by atoms with van der Waals surface area (Å²) < 4.78 is 51.7. The van der Waals surface area contributed by atoms with E-state index in [1.165, 1.54) is 36.8 Å². The molecule has 8 N–H and O–H groups in total. The first-order valence-electron chi connectivity index (χ1n) is 17.1. The molecular formula is C28H44N8Na2O15P2. The normalized spacial score (nSPS) is 29.0. The van der Waals surface area contributed by atoms with E-state index in [1.54, 1.807) is 6.20 Å². The molecule has 298 valence electrons. The number of aromatic amines is 1. The van der Waals surface area contributed by atoms with Gasteiger partial charge in [-0.05, 0) is 12.8 Å². The summed E-state index contributed by atoms with van der Waals surface area (Å²) in [6.45, 7) is 0.835. The molecule has 0 radical (unpaired) electrons. The molecule has 2 saturated heterocycles. The molecule has 2 aliphatic rings. The van der Waals surface area contributed by atoms with Crippen LogP contribution in [0.3, 0.4) is 0 Å². The van der Waals surface area contributed by atoms with E-state index in [-0.39, 0.29) is 82.8 Å². The van der Waals surface area contributed by atoms with Crippen LogP contribution in [-0.4, -0.2) is 116 Å². The molecule has 27 heteroatoms. The van der Waals surface area contributed by atoms with Gasteiger partial charge >= 0.3 is 59.1 Å². The third-order valence-electron chi connectivity index (χ3n) is 8.80. The number of aliphatic hydroxyl groups excluding tert-OH is 5. The van der Waals surface area contributed by atoms with E-state index < -0.39 is 83.1 Å². The molecular weight excluding hydrogens is 796 g/mol. The van der Waals surface area contributed by atoms with Crippen LogP contribution in [0.5, 0.6) is 0 Å². The molecule has 2 aliphatic heterocycles. The maximum absolute atomic E-state index is 12.6. The first-order chi connectivity index (χ1) is 25.1. The number of fused-ring (bicyclic) bond motifs is 1. The fourth-order valence-electron chi connectivity index (χ4n) is 6.00. The molecule has 0 saturated carbocycles. The summed E-state index contributed by atoms with van der Waals surface area (Å²) in [7, 11) is -11.8. The number of H-pyrrole nitrogens is 1. The van der Waals surface area contributed by atoms with Crippen LogP contribution in [0, 0.1) is 0 Å². The average Bonchev–Trinajstić information content (AvgIpc) is 3.79. The van der Waals surface area contributed by atoms with Crippen LogP contribution in [0.25, 0.3) is 11.2 Å². The second kappa shape index (κ2) is 21.5. The van der Waals surface area contributed by atoms with Gasteiger partial charge in [0.1, 0.15) is 42.7 Å². The van der Waals surface area contributed by atoms with Crippen LogP contribution in [0.2, 0.25) is 0 Å². The van der Waals surface area contributed by atoms with Gasteiger partial charge in [-0.1, -0.05) is 57.1 Å². The zero-order valence-corrected chi connectivity index (χ0v) is 36.4. The van der Waals surface area contributed by atoms with E-state index in [0.29, 0.717) is 12.1 Å². The maximum Gasteiger partial charge on any atom is 1.00 e. The van der Waals surface area contributed by atoms with Gasteiger partial charge in [-0.25, -0.2) is 14.0 Å². The predicted octanol–water partition coefficient (Wildman–Crippen LogP) is -7.90. The second-order valence-electron chi connectivity index (χ2n) is 12.9. The van der Waals surface area contributed by atoms with Gasteiger partial charge < -0.3 is 55.1 Å². The molecule has 5 heterocycles. The molecule has 0 aliphatic carbocycles. The van der Waals surface area contributed by atoms with Crippen molar-refractivity contribution in [3.63, 3.8) is 0 Å². The van der Waals surface area contributed by atoms with Gasteiger partial charge in [0, 0.05) is 6.20 Å². The number of phosphoric ester groups is 2. The number of hydrogen-bond acceptors (Lipinski definition) is 20. The summed E-state index contributed by atoms with van der Waals surface area (Å²) in [6.07, 6.45) is -3.78. The number of nitrogens with one attached hydrogen (secondary N) is 1. The molecule has 0 spiro atoms. The van der Waals surface area contributed by atoms with Crippen molar-refractivity contribution in [1.82, 2.24) is 34.5 Å². The van der Waals surface area contributed by atoms with Crippen LogP contribution in [0.4, 0.5) is 5.95 Å². The number of imidazole rings is 1. The Hall–Kier alpha value is -0.730. The van der Waals surface area contributed by atoms with Crippen molar-refractivity contribution in [2.24, 2.45) is 0 Å². The molecule has 23 nitrogen and oxygen atoms in total. The number of phosphoric acid groups is 2. The topological polar surface area (TPSA) is 348 Å². The van der Waals surface area contributed by atoms with E-state index in [1.807, 2.05) is 0 Å².